The van der Waals surface area contributed by atoms with Gasteiger partial charge in [0.05, 0.1) is 0 Å². The van der Waals surface area contributed by atoms with Gasteiger partial charge in [-0.1, -0.05) is 11.6 Å². The minimum Gasteiger partial charge on any atom is -0.451 e. The second kappa shape index (κ2) is 7.38. The molecule has 0 aliphatic carbocycles. The fourth-order valence-electron chi connectivity index (χ4n) is 2.28. The molecule has 6 nitrogen and oxygen atoms in total. The van der Waals surface area contributed by atoms with Crippen LogP contribution < -0.4 is 10.6 Å². The number of anilines is 2. The molecular formula is C18H15ClN2O4. The largest absolute Gasteiger partial charge is 0.451 e. The number of nitrogens with one attached hydrogen (secondary N) is 2. The van der Waals surface area contributed by atoms with Gasteiger partial charge in [0.15, 0.2) is 5.76 Å². The van der Waals surface area contributed by atoms with Crippen LogP contribution in [0.3, 0.4) is 0 Å². The highest BCUT2D eigenvalue weighted by atomic mass is 35.5. The van der Waals surface area contributed by atoms with Crippen molar-refractivity contribution in [1.82, 2.24) is 0 Å². The molecule has 0 bridgehead atoms. The number of hydrogen-bond donors (Lipinski definition) is 2. The van der Waals surface area contributed by atoms with Crippen molar-refractivity contribution in [2.45, 2.75) is 0 Å². The van der Waals surface area contributed by atoms with Crippen LogP contribution in [0.1, 0.15) is 10.6 Å². The molecular weight excluding hydrogens is 344 g/mol. The van der Waals surface area contributed by atoms with Crippen LogP contribution in [0.5, 0.6) is 0 Å². The van der Waals surface area contributed by atoms with E-state index in [1.165, 1.54) is 7.11 Å². The van der Waals surface area contributed by atoms with Crippen molar-refractivity contribution in [2.24, 2.45) is 0 Å². The maximum atomic E-state index is 12.3. The van der Waals surface area contributed by atoms with Crippen molar-refractivity contribution in [3.05, 3.63) is 59.3 Å². The predicted molar refractivity (Wildman–Crippen MR) is 96.1 cm³/mol. The Bertz CT molecular complexity index is 918. The summed E-state index contributed by atoms with van der Waals surface area (Å²) in [5, 5.41) is 6.74. The van der Waals surface area contributed by atoms with Crippen LogP contribution in [0.25, 0.3) is 11.0 Å². The number of methoxy groups -OCH3 is 1. The van der Waals surface area contributed by atoms with Crippen LogP contribution >= 0.6 is 11.6 Å². The van der Waals surface area contributed by atoms with Gasteiger partial charge in [-0.3, -0.25) is 9.59 Å². The molecule has 0 fully saturated rings. The molecule has 0 aliphatic heterocycles. The molecule has 3 rings (SSSR count). The summed E-state index contributed by atoms with van der Waals surface area (Å²) in [4.78, 5) is 23.7. The molecule has 2 aromatic carbocycles. The summed E-state index contributed by atoms with van der Waals surface area (Å²) >= 11 is 5.93. The Morgan fingerprint density at radius 1 is 1.04 bits per heavy atom. The molecule has 0 unspecified atom stereocenters. The standard InChI is InChI=1S/C18H15ClN2O4/c1-24-10-17(22)20-13-3-5-14(6-4-13)21-18(23)16-9-11-8-12(19)2-7-15(11)25-16/h2-9H,10H2,1H3,(H,20,22)(H,21,23). The molecule has 0 atom stereocenters. The summed E-state index contributed by atoms with van der Waals surface area (Å²) in [5.74, 6) is -0.432. The number of halogens is 1. The monoisotopic (exact) mass is 358 g/mol. The molecule has 2 N–H and O–H groups in total. The van der Waals surface area contributed by atoms with Crippen molar-refractivity contribution in [2.75, 3.05) is 24.4 Å². The highest BCUT2D eigenvalue weighted by Gasteiger charge is 2.13. The molecule has 0 radical (unpaired) electrons. The molecule has 0 saturated heterocycles. The Morgan fingerprint density at radius 3 is 2.40 bits per heavy atom. The van der Waals surface area contributed by atoms with E-state index in [9.17, 15) is 9.59 Å². The van der Waals surface area contributed by atoms with Gasteiger partial charge in [-0.15, -0.1) is 0 Å². The maximum Gasteiger partial charge on any atom is 0.291 e. The van der Waals surface area contributed by atoms with Crippen molar-refractivity contribution >= 4 is 45.8 Å². The lowest BCUT2D eigenvalue weighted by molar-refractivity contribution is -0.119. The van der Waals surface area contributed by atoms with Crippen molar-refractivity contribution < 1.29 is 18.7 Å². The zero-order valence-electron chi connectivity index (χ0n) is 13.3. The molecule has 7 heteroatoms. The number of ether oxygens (including phenoxy) is 1. The van der Waals surface area contributed by atoms with E-state index in [1.54, 1.807) is 48.5 Å². The molecule has 25 heavy (non-hydrogen) atoms. The molecule has 128 valence electrons. The van der Waals surface area contributed by atoms with Crippen LogP contribution in [0.4, 0.5) is 11.4 Å². The number of fused-ring (bicyclic) bond motifs is 1. The number of carbonyl (C=O) groups is 2. The third kappa shape index (κ3) is 4.17. The molecule has 2 amide bonds. The summed E-state index contributed by atoms with van der Waals surface area (Å²) < 4.78 is 10.3. The van der Waals surface area contributed by atoms with Gasteiger partial charge in [0.2, 0.25) is 5.91 Å². The lowest BCUT2D eigenvalue weighted by Gasteiger charge is -2.06. The van der Waals surface area contributed by atoms with E-state index in [-0.39, 0.29) is 24.2 Å². The van der Waals surface area contributed by atoms with Crippen LogP contribution in [0.15, 0.2) is 52.9 Å². The average Bonchev–Trinajstić information content (AvgIpc) is 3.00. The summed E-state index contributed by atoms with van der Waals surface area (Å²) in [6.07, 6.45) is 0. The SMILES string of the molecule is COCC(=O)Nc1ccc(NC(=O)c2cc3cc(Cl)ccc3o2)cc1. The van der Waals surface area contributed by atoms with E-state index in [4.69, 9.17) is 20.8 Å². The van der Waals surface area contributed by atoms with E-state index in [2.05, 4.69) is 10.6 Å². The van der Waals surface area contributed by atoms with Crippen molar-refractivity contribution in [1.29, 1.82) is 0 Å². The van der Waals surface area contributed by atoms with Gasteiger partial charge in [-0.05, 0) is 48.5 Å². The summed E-state index contributed by atoms with van der Waals surface area (Å²) in [5.41, 5.74) is 1.78. The van der Waals surface area contributed by atoms with Gasteiger partial charge in [0.1, 0.15) is 12.2 Å². The quantitative estimate of drug-likeness (QED) is 0.724. The fourth-order valence-corrected chi connectivity index (χ4v) is 2.46. The topological polar surface area (TPSA) is 80.6 Å². The Hall–Kier alpha value is -2.83. The Kier molecular flexibility index (Phi) is 5.02. The minimum absolute atomic E-state index is 0.0193. The molecule has 0 saturated carbocycles. The van der Waals surface area contributed by atoms with Gasteiger partial charge in [-0.25, -0.2) is 0 Å². The smallest absolute Gasteiger partial charge is 0.291 e. The second-order valence-corrected chi connectivity index (χ2v) is 5.74. The van der Waals surface area contributed by atoms with Gasteiger partial charge in [-0.2, -0.15) is 0 Å². The third-order valence-electron chi connectivity index (χ3n) is 3.40. The van der Waals surface area contributed by atoms with Crippen molar-refractivity contribution in [3.63, 3.8) is 0 Å². The number of hydrogen-bond acceptors (Lipinski definition) is 4. The van der Waals surface area contributed by atoms with E-state index in [1.807, 2.05) is 0 Å². The predicted octanol–water partition coefficient (Wildman–Crippen LogP) is 3.92. The van der Waals surface area contributed by atoms with Crippen molar-refractivity contribution in [3.8, 4) is 0 Å². The van der Waals surface area contributed by atoms with Gasteiger partial charge >= 0.3 is 0 Å². The third-order valence-corrected chi connectivity index (χ3v) is 3.64. The Morgan fingerprint density at radius 2 is 1.72 bits per heavy atom. The lowest BCUT2D eigenvalue weighted by atomic mass is 10.2. The molecule has 1 aromatic heterocycles. The number of furan rings is 1. The summed E-state index contributed by atoms with van der Waals surface area (Å²) in [7, 11) is 1.45. The van der Waals surface area contributed by atoms with Crippen LogP contribution in [-0.4, -0.2) is 25.5 Å². The van der Waals surface area contributed by atoms with E-state index >= 15 is 0 Å². The van der Waals surface area contributed by atoms with Crippen LogP contribution in [0, 0.1) is 0 Å². The number of benzene rings is 2. The fraction of sp³-hybridized carbons (Fsp3) is 0.111. The zero-order valence-corrected chi connectivity index (χ0v) is 14.1. The van der Waals surface area contributed by atoms with E-state index in [0.29, 0.717) is 22.0 Å². The number of rotatable bonds is 5. The van der Waals surface area contributed by atoms with Gasteiger partial charge < -0.3 is 19.8 Å². The Balaban J connectivity index is 1.68. The summed E-state index contributed by atoms with van der Waals surface area (Å²) in [6.45, 7) is -0.0193. The highest BCUT2D eigenvalue weighted by Crippen LogP contribution is 2.24. The normalized spacial score (nSPS) is 10.6. The van der Waals surface area contributed by atoms with E-state index < -0.39 is 0 Å². The van der Waals surface area contributed by atoms with Crippen LogP contribution in [-0.2, 0) is 9.53 Å². The highest BCUT2D eigenvalue weighted by molar-refractivity contribution is 6.31. The first-order valence-electron chi connectivity index (χ1n) is 7.44. The first-order valence-corrected chi connectivity index (χ1v) is 7.82. The van der Waals surface area contributed by atoms with Crippen LogP contribution in [0.2, 0.25) is 5.02 Å². The maximum absolute atomic E-state index is 12.3. The second-order valence-electron chi connectivity index (χ2n) is 5.31. The first kappa shape index (κ1) is 17.0. The number of amides is 2. The summed E-state index contributed by atoms with van der Waals surface area (Å²) in [6, 6.07) is 13.5. The first-order chi connectivity index (χ1) is 12.0. The molecule has 1 heterocycles. The number of carbonyl (C=O) groups excluding carboxylic acids is 2. The molecule has 0 spiro atoms. The molecule has 0 aliphatic rings. The lowest BCUT2D eigenvalue weighted by Crippen LogP contribution is -2.17. The molecule has 3 aromatic rings. The Labute approximate surface area is 148 Å². The average molecular weight is 359 g/mol. The van der Waals surface area contributed by atoms with E-state index in [0.717, 1.165) is 5.39 Å². The van der Waals surface area contributed by atoms with Gasteiger partial charge in [0.25, 0.3) is 5.91 Å². The zero-order chi connectivity index (χ0) is 17.8. The van der Waals surface area contributed by atoms with Gasteiger partial charge in [0, 0.05) is 28.9 Å². The minimum atomic E-state index is -0.372.